The zero-order valence-corrected chi connectivity index (χ0v) is 15.4. The molecule has 1 aliphatic carbocycles. The van der Waals surface area contributed by atoms with Gasteiger partial charge in [-0.2, -0.15) is 0 Å². The van der Waals surface area contributed by atoms with Gasteiger partial charge in [0.05, 0.1) is 0 Å². The largest absolute Gasteiger partial charge is 0.356 e. The Hall–Kier alpha value is -0.920. The van der Waals surface area contributed by atoms with E-state index in [-0.39, 0.29) is 29.9 Å². The molecule has 0 heterocycles. The molecule has 1 fully saturated rings. The molecule has 3 nitrogen and oxygen atoms in total. The maximum atomic E-state index is 13.7. The molecular formula is C16H24F2IN3. The monoisotopic (exact) mass is 423 g/mol. The maximum absolute atomic E-state index is 13.7. The molecule has 1 unspecified atom stereocenters. The van der Waals surface area contributed by atoms with Crippen LogP contribution in [0, 0.1) is 11.6 Å². The average molecular weight is 423 g/mol. The van der Waals surface area contributed by atoms with Crippen molar-refractivity contribution >= 4 is 29.9 Å². The Morgan fingerprint density at radius 1 is 1.32 bits per heavy atom. The van der Waals surface area contributed by atoms with Crippen molar-refractivity contribution in [2.24, 2.45) is 4.99 Å². The summed E-state index contributed by atoms with van der Waals surface area (Å²) in [7, 11) is 1.73. The SMILES string of the molecule is CN=C(NCC(C)c1ccc(F)cc1F)NC1CCCC1.I. The van der Waals surface area contributed by atoms with E-state index >= 15 is 0 Å². The summed E-state index contributed by atoms with van der Waals surface area (Å²) in [6, 6.07) is 4.20. The number of nitrogens with one attached hydrogen (secondary N) is 2. The third-order valence-electron chi connectivity index (χ3n) is 3.99. The Balaban J connectivity index is 0.00000242. The van der Waals surface area contributed by atoms with E-state index in [2.05, 4.69) is 15.6 Å². The molecule has 0 aliphatic heterocycles. The van der Waals surface area contributed by atoms with Crippen LogP contribution in [0.3, 0.4) is 0 Å². The van der Waals surface area contributed by atoms with Crippen molar-refractivity contribution in [3.8, 4) is 0 Å². The number of hydrogen-bond donors (Lipinski definition) is 2. The van der Waals surface area contributed by atoms with Crippen LogP contribution in [0.5, 0.6) is 0 Å². The lowest BCUT2D eigenvalue weighted by Gasteiger charge is -2.19. The zero-order valence-electron chi connectivity index (χ0n) is 13.0. The van der Waals surface area contributed by atoms with Crippen molar-refractivity contribution in [1.29, 1.82) is 0 Å². The molecule has 6 heteroatoms. The fourth-order valence-corrected chi connectivity index (χ4v) is 2.72. The molecule has 0 aromatic heterocycles. The van der Waals surface area contributed by atoms with Crippen molar-refractivity contribution in [3.05, 3.63) is 35.4 Å². The molecule has 1 saturated carbocycles. The van der Waals surface area contributed by atoms with Crippen LogP contribution in [0.25, 0.3) is 0 Å². The lowest BCUT2D eigenvalue weighted by atomic mass is 10.0. The predicted octanol–water partition coefficient (Wildman–Crippen LogP) is 3.79. The number of rotatable bonds is 4. The van der Waals surface area contributed by atoms with Crippen LogP contribution >= 0.6 is 24.0 Å². The van der Waals surface area contributed by atoms with Gasteiger partial charge in [-0.3, -0.25) is 4.99 Å². The molecule has 1 aliphatic rings. The molecule has 2 rings (SSSR count). The maximum Gasteiger partial charge on any atom is 0.191 e. The summed E-state index contributed by atoms with van der Waals surface area (Å²) in [6.07, 6.45) is 4.85. The zero-order chi connectivity index (χ0) is 15.2. The first-order chi connectivity index (χ1) is 10.1. The topological polar surface area (TPSA) is 36.4 Å². The number of nitrogens with zero attached hydrogens (tertiary/aromatic N) is 1. The van der Waals surface area contributed by atoms with Gasteiger partial charge in [0.25, 0.3) is 0 Å². The summed E-state index contributed by atoms with van der Waals surface area (Å²) in [4.78, 5) is 4.19. The second-order valence-electron chi connectivity index (χ2n) is 5.65. The summed E-state index contributed by atoms with van der Waals surface area (Å²) in [5.41, 5.74) is 0.514. The Kier molecular flexibility index (Phi) is 8.06. The van der Waals surface area contributed by atoms with Crippen molar-refractivity contribution < 1.29 is 8.78 Å². The van der Waals surface area contributed by atoms with Gasteiger partial charge in [-0.05, 0) is 24.5 Å². The quantitative estimate of drug-likeness (QED) is 0.439. The third kappa shape index (κ3) is 5.37. The van der Waals surface area contributed by atoms with Gasteiger partial charge in [-0.25, -0.2) is 8.78 Å². The number of guanidine groups is 1. The van der Waals surface area contributed by atoms with Crippen LogP contribution in [0.4, 0.5) is 8.78 Å². The van der Waals surface area contributed by atoms with Gasteiger partial charge in [0.1, 0.15) is 11.6 Å². The number of benzene rings is 1. The van der Waals surface area contributed by atoms with Crippen LogP contribution in [0.1, 0.15) is 44.1 Å². The van der Waals surface area contributed by atoms with Crippen molar-refractivity contribution in [3.63, 3.8) is 0 Å². The van der Waals surface area contributed by atoms with Crippen LogP contribution in [0.2, 0.25) is 0 Å². The van der Waals surface area contributed by atoms with E-state index < -0.39 is 11.6 Å². The second kappa shape index (κ2) is 9.27. The molecule has 0 spiro atoms. The Bertz CT molecular complexity index is 502. The van der Waals surface area contributed by atoms with E-state index in [1.165, 1.54) is 37.8 Å². The summed E-state index contributed by atoms with van der Waals surface area (Å²) < 4.78 is 26.6. The molecule has 0 saturated heterocycles. The predicted molar refractivity (Wildman–Crippen MR) is 96.9 cm³/mol. The van der Waals surface area contributed by atoms with Crippen molar-refractivity contribution in [2.75, 3.05) is 13.6 Å². The van der Waals surface area contributed by atoms with E-state index in [1.807, 2.05) is 6.92 Å². The van der Waals surface area contributed by atoms with Crippen molar-refractivity contribution in [1.82, 2.24) is 10.6 Å². The highest BCUT2D eigenvalue weighted by Crippen LogP contribution is 2.19. The Morgan fingerprint density at radius 2 is 2.00 bits per heavy atom. The van der Waals surface area contributed by atoms with E-state index in [0.717, 1.165) is 12.0 Å². The van der Waals surface area contributed by atoms with Gasteiger partial charge in [-0.1, -0.05) is 25.8 Å². The smallest absolute Gasteiger partial charge is 0.191 e. The molecule has 1 aromatic carbocycles. The summed E-state index contributed by atoms with van der Waals surface area (Å²) in [5, 5.41) is 6.60. The average Bonchev–Trinajstić information content (AvgIpc) is 2.96. The third-order valence-corrected chi connectivity index (χ3v) is 3.99. The lowest BCUT2D eigenvalue weighted by Crippen LogP contribution is -2.43. The van der Waals surface area contributed by atoms with Gasteiger partial charge in [0.15, 0.2) is 5.96 Å². The van der Waals surface area contributed by atoms with E-state index in [1.54, 1.807) is 7.05 Å². The molecule has 22 heavy (non-hydrogen) atoms. The number of aliphatic imine (C=N–C) groups is 1. The molecule has 0 bridgehead atoms. The Labute approximate surface area is 148 Å². The van der Waals surface area contributed by atoms with Crippen LogP contribution in [-0.4, -0.2) is 25.6 Å². The van der Waals surface area contributed by atoms with Crippen molar-refractivity contribution in [2.45, 2.75) is 44.6 Å². The molecule has 1 aromatic rings. The summed E-state index contributed by atoms with van der Waals surface area (Å²) >= 11 is 0. The highest BCUT2D eigenvalue weighted by atomic mass is 127. The van der Waals surface area contributed by atoms with E-state index in [0.29, 0.717) is 18.2 Å². The number of halogens is 3. The van der Waals surface area contributed by atoms with Crippen LogP contribution in [0.15, 0.2) is 23.2 Å². The molecule has 0 radical (unpaired) electrons. The van der Waals surface area contributed by atoms with Gasteiger partial charge in [-0.15, -0.1) is 24.0 Å². The highest BCUT2D eigenvalue weighted by Gasteiger charge is 2.17. The first-order valence-corrected chi connectivity index (χ1v) is 7.52. The van der Waals surface area contributed by atoms with E-state index in [9.17, 15) is 8.78 Å². The first kappa shape index (κ1) is 19.1. The molecular weight excluding hydrogens is 399 g/mol. The Morgan fingerprint density at radius 3 is 2.59 bits per heavy atom. The molecule has 1 atom stereocenters. The first-order valence-electron chi connectivity index (χ1n) is 7.52. The fraction of sp³-hybridized carbons (Fsp3) is 0.562. The number of hydrogen-bond acceptors (Lipinski definition) is 1. The second-order valence-corrected chi connectivity index (χ2v) is 5.65. The van der Waals surface area contributed by atoms with Gasteiger partial charge >= 0.3 is 0 Å². The summed E-state index contributed by atoms with van der Waals surface area (Å²) in [5.74, 6) is -0.359. The molecule has 0 amide bonds. The van der Waals surface area contributed by atoms with E-state index in [4.69, 9.17) is 0 Å². The molecule has 124 valence electrons. The van der Waals surface area contributed by atoms with Crippen LogP contribution in [-0.2, 0) is 0 Å². The normalized spacial score (nSPS) is 17.0. The highest BCUT2D eigenvalue weighted by molar-refractivity contribution is 14.0. The van der Waals surface area contributed by atoms with Gasteiger partial charge in [0, 0.05) is 31.6 Å². The van der Waals surface area contributed by atoms with Gasteiger partial charge < -0.3 is 10.6 Å². The minimum atomic E-state index is -0.546. The standard InChI is InChI=1S/C16H23F2N3.HI/c1-11(14-8-7-12(17)9-15(14)18)10-20-16(19-2)21-13-5-3-4-6-13;/h7-9,11,13H,3-6,10H2,1-2H3,(H2,19,20,21);1H. The lowest BCUT2D eigenvalue weighted by molar-refractivity contribution is 0.553. The fourth-order valence-electron chi connectivity index (χ4n) is 2.72. The minimum absolute atomic E-state index is 0. The summed E-state index contributed by atoms with van der Waals surface area (Å²) in [6.45, 7) is 2.46. The minimum Gasteiger partial charge on any atom is -0.356 e. The molecule has 2 N–H and O–H groups in total. The van der Waals surface area contributed by atoms with Crippen LogP contribution < -0.4 is 10.6 Å². The van der Waals surface area contributed by atoms with Gasteiger partial charge in [0.2, 0.25) is 0 Å².